The standard InChI is InChI=1S/C17H11N3O4S2/c21-14-7-6-13(20(23)24)8-12(14)9-15-16(22)19(17(25)26-15)18-10-11-4-2-1-3-5-11/h1-10,21H/p-1. The van der Waals surface area contributed by atoms with Gasteiger partial charge in [-0.15, -0.1) is 5.75 Å². The summed E-state index contributed by atoms with van der Waals surface area (Å²) in [6.45, 7) is 0. The average Bonchev–Trinajstić information content (AvgIpc) is 2.89. The maximum absolute atomic E-state index is 12.5. The van der Waals surface area contributed by atoms with Crippen LogP contribution >= 0.6 is 24.0 Å². The maximum atomic E-state index is 12.5. The lowest BCUT2D eigenvalue weighted by molar-refractivity contribution is -0.385. The Morgan fingerprint density at radius 1 is 1.19 bits per heavy atom. The number of nitro benzene ring substituents is 1. The van der Waals surface area contributed by atoms with E-state index in [2.05, 4.69) is 5.10 Å². The van der Waals surface area contributed by atoms with Crippen molar-refractivity contribution in [2.24, 2.45) is 5.10 Å². The van der Waals surface area contributed by atoms with Gasteiger partial charge in [0.2, 0.25) is 0 Å². The first-order chi connectivity index (χ1) is 12.5. The molecule has 0 atom stereocenters. The lowest BCUT2D eigenvalue weighted by Crippen LogP contribution is -2.22. The van der Waals surface area contributed by atoms with Crippen molar-refractivity contribution >= 4 is 52.2 Å². The van der Waals surface area contributed by atoms with Crippen LogP contribution in [0.4, 0.5) is 5.69 Å². The second-order valence-electron chi connectivity index (χ2n) is 5.13. The molecule has 0 aromatic heterocycles. The van der Waals surface area contributed by atoms with Crippen molar-refractivity contribution in [1.29, 1.82) is 0 Å². The zero-order chi connectivity index (χ0) is 18.7. The highest BCUT2D eigenvalue weighted by atomic mass is 32.2. The van der Waals surface area contributed by atoms with Crippen molar-refractivity contribution in [2.75, 3.05) is 0 Å². The van der Waals surface area contributed by atoms with Crippen LogP contribution in [0.5, 0.6) is 5.75 Å². The highest BCUT2D eigenvalue weighted by Crippen LogP contribution is 2.34. The fourth-order valence-electron chi connectivity index (χ4n) is 2.13. The Balaban J connectivity index is 1.87. The van der Waals surface area contributed by atoms with E-state index in [0.29, 0.717) is 0 Å². The molecule has 130 valence electrons. The molecule has 1 saturated heterocycles. The normalized spacial score (nSPS) is 16.0. The molecular weight excluding hydrogens is 374 g/mol. The maximum Gasteiger partial charge on any atom is 0.286 e. The monoisotopic (exact) mass is 384 g/mol. The first-order valence-corrected chi connectivity index (χ1v) is 8.50. The Kier molecular flexibility index (Phi) is 5.10. The molecule has 0 aliphatic carbocycles. The van der Waals surface area contributed by atoms with Crippen molar-refractivity contribution in [3.05, 3.63) is 74.7 Å². The largest absolute Gasteiger partial charge is 0.872 e. The summed E-state index contributed by atoms with van der Waals surface area (Å²) >= 11 is 6.13. The van der Waals surface area contributed by atoms with Gasteiger partial charge in [-0.2, -0.15) is 10.1 Å². The summed E-state index contributed by atoms with van der Waals surface area (Å²) in [5.41, 5.74) is 0.617. The summed E-state index contributed by atoms with van der Waals surface area (Å²) in [5.74, 6) is -0.910. The van der Waals surface area contributed by atoms with E-state index in [0.717, 1.165) is 40.5 Å². The van der Waals surface area contributed by atoms with E-state index in [4.69, 9.17) is 12.2 Å². The molecule has 2 aromatic rings. The fraction of sp³-hybridized carbons (Fsp3) is 0. The Morgan fingerprint density at radius 2 is 1.92 bits per heavy atom. The van der Waals surface area contributed by atoms with Gasteiger partial charge in [0.25, 0.3) is 11.6 Å². The third-order valence-electron chi connectivity index (χ3n) is 3.39. The molecule has 26 heavy (non-hydrogen) atoms. The molecule has 7 nitrogen and oxygen atoms in total. The van der Waals surface area contributed by atoms with E-state index in [1.54, 1.807) is 0 Å². The summed E-state index contributed by atoms with van der Waals surface area (Å²) in [4.78, 5) is 22.9. The van der Waals surface area contributed by atoms with Gasteiger partial charge in [0.1, 0.15) is 0 Å². The number of amides is 1. The molecule has 0 radical (unpaired) electrons. The number of hydrazone groups is 1. The van der Waals surface area contributed by atoms with E-state index in [-0.39, 0.29) is 20.5 Å². The number of hydrogen-bond donors (Lipinski definition) is 0. The zero-order valence-corrected chi connectivity index (χ0v) is 14.7. The Hall–Kier alpha value is -3.04. The van der Waals surface area contributed by atoms with Gasteiger partial charge in [-0.25, -0.2) is 0 Å². The van der Waals surface area contributed by atoms with Crippen LogP contribution in [0.15, 0.2) is 58.5 Å². The minimum absolute atomic E-state index is 0.0479. The van der Waals surface area contributed by atoms with E-state index >= 15 is 0 Å². The summed E-state index contributed by atoms with van der Waals surface area (Å²) in [7, 11) is 0. The van der Waals surface area contributed by atoms with E-state index < -0.39 is 16.6 Å². The van der Waals surface area contributed by atoms with Crippen molar-refractivity contribution in [2.45, 2.75) is 0 Å². The number of rotatable bonds is 4. The lowest BCUT2D eigenvalue weighted by atomic mass is 10.1. The number of carbonyl (C=O) groups excluding carboxylic acids is 1. The molecule has 1 aliphatic heterocycles. The van der Waals surface area contributed by atoms with Crippen LogP contribution in [0.2, 0.25) is 0 Å². The third-order valence-corrected chi connectivity index (χ3v) is 4.67. The van der Waals surface area contributed by atoms with Gasteiger partial charge in [0.15, 0.2) is 4.32 Å². The third kappa shape index (κ3) is 3.79. The van der Waals surface area contributed by atoms with Gasteiger partial charge in [-0.1, -0.05) is 48.2 Å². The van der Waals surface area contributed by atoms with Crippen molar-refractivity contribution in [1.82, 2.24) is 5.01 Å². The molecule has 2 aromatic carbocycles. The second-order valence-corrected chi connectivity index (χ2v) is 6.80. The van der Waals surface area contributed by atoms with E-state index in [1.807, 2.05) is 30.3 Å². The quantitative estimate of drug-likeness (QED) is 0.264. The van der Waals surface area contributed by atoms with Gasteiger partial charge in [0, 0.05) is 12.1 Å². The number of carbonyl (C=O) groups is 1. The molecule has 1 heterocycles. The van der Waals surface area contributed by atoms with Gasteiger partial charge in [0.05, 0.1) is 16.0 Å². The minimum Gasteiger partial charge on any atom is -0.872 e. The van der Waals surface area contributed by atoms with Crippen molar-refractivity contribution in [3.8, 4) is 5.75 Å². The Labute approximate surface area is 157 Å². The van der Waals surface area contributed by atoms with E-state index in [1.165, 1.54) is 12.3 Å². The lowest BCUT2D eigenvalue weighted by Gasteiger charge is -2.09. The van der Waals surface area contributed by atoms with Gasteiger partial charge < -0.3 is 5.11 Å². The van der Waals surface area contributed by atoms with Gasteiger partial charge in [-0.05, 0) is 29.4 Å². The van der Waals surface area contributed by atoms with E-state index in [9.17, 15) is 20.0 Å². The summed E-state index contributed by atoms with van der Waals surface area (Å²) < 4.78 is 0.214. The average molecular weight is 384 g/mol. The molecule has 1 aliphatic rings. The molecule has 0 unspecified atom stereocenters. The number of hydrogen-bond acceptors (Lipinski definition) is 7. The highest BCUT2D eigenvalue weighted by Gasteiger charge is 2.32. The predicted molar refractivity (Wildman–Crippen MR) is 102 cm³/mol. The first kappa shape index (κ1) is 17.8. The smallest absolute Gasteiger partial charge is 0.286 e. The topological polar surface area (TPSA) is 98.9 Å². The number of benzene rings is 2. The van der Waals surface area contributed by atoms with Crippen molar-refractivity contribution < 1.29 is 14.8 Å². The first-order valence-electron chi connectivity index (χ1n) is 7.28. The second kappa shape index (κ2) is 7.46. The number of nitro groups is 1. The summed E-state index contributed by atoms with van der Waals surface area (Å²) in [5, 5.41) is 27.9. The molecule has 0 N–H and O–H groups in total. The molecule has 0 spiro atoms. The Bertz CT molecular complexity index is 958. The number of nitrogens with zero attached hydrogens (tertiary/aromatic N) is 3. The van der Waals surface area contributed by atoms with Crippen LogP contribution in [-0.4, -0.2) is 26.4 Å². The van der Waals surface area contributed by atoms with Crippen LogP contribution in [-0.2, 0) is 4.79 Å². The zero-order valence-electron chi connectivity index (χ0n) is 13.1. The van der Waals surface area contributed by atoms with Crippen LogP contribution in [0.3, 0.4) is 0 Å². The summed E-state index contributed by atoms with van der Waals surface area (Å²) in [6.07, 6.45) is 2.80. The molecule has 1 amide bonds. The number of thioether (sulfide) groups is 1. The van der Waals surface area contributed by atoms with Crippen molar-refractivity contribution in [3.63, 3.8) is 0 Å². The SMILES string of the molecule is O=C1C(=Cc2cc([N+](=O)[O-])ccc2[O-])SC(=S)N1N=Cc1ccccc1. The number of non-ortho nitro benzene ring substituents is 1. The van der Waals surface area contributed by atoms with Crippen LogP contribution in [0.25, 0.3) is 6.08 Å². The van der Waals surface area contributed by atoms with Crippen LogP contribution < -0.4 is 5.11 Å². The molecule has 9 heteroatoms. The fourth-order valence-corrected chi connectivity index (χ4v) is 3.29. The summed E-state index contributed by atoms with van der Waals surface area (Å²) in [6, 6.07) is 12.5. The van der Waals surface area contributed by atoms with Gasteiger partial charge in [-0.3, -0.25) is 14.9 Å². The highest BCUT2D eigenvalue weighted by molar-refractivity contribution is 8.26. The minimum atomic E-state index is -0.605. The molecular formula is C17H10N3O4S2-. The molecule has 0 saturated carbocycles. The van der Waals surface area contributed by atoms with Crippen LogP contribution in [0, 0.1) is 10.1 Å². The molecule has 0 bridgehead atoms. The Morgan fingerprint density at radius 3 is 2.62 bits per heavy atom. The van der Waals surface area contributed by atoms with Gasteiger partial charge >= 0.3 is 0 Å². The molecule has 1 fully saturated rings. The molecule has 3 rings (SSSR count). The number of thiocarbonyl (C=S) groups is 1. The predicted octanol–water partition coefficient (Wildman–Crippen LogP) is 2.90. The van der Waals surface area contributed by atoms with Crippen LogP contribution in [0.1, 0.15) is 11.1 Å².